The standard InChI is InChI=1S/C13H18N4OS/c1-7-5-17(6-8(7)2)13-10(12(18)16-3)11(15)9(4-14)19-13/h7-8H,5-6,15H2,1-3H3,(H,16,18). The van der Waals surface area contributed by atoms with Crippen molar-refractivity contribution in [3.63, 3.8) is 0 Å². The number of nitrogens with one attached hydrogen (secondary N) is 1. The van der Waals surface area contributed by atoms with Crippen molar-refractivity contribution in [3.05, 3.63) is 10.4 Å². The van der Waals surface area contributed by atoms with Gasteiger partial charge in [0.1, 0.15) is 15.9 Å². The molecule has 5 nitrogen and oxygen atoms in total. The molecule has 2 atom stereocenters. The molecule has 102 valence electrons. The summed E-state index contributed by atoms with van der Waals surface area (Å²) in [4.78, 5) is 14.6. The normalized spacial score (nSPS) is 22.3. The van der Waals surface area contributed by atoms with Gasteiger partial charge >= 0.3 is 0 Å². The van der Waals surface area contributed by atoms with Crippen molar-refractivity contribution in [2.24, 2.45) is 11.8 Å². The smallest absolute Gasteiger partial charge is 0.256 e. The van der Waals surface area contributed by atoms with Gasteiger partial charge in [0, 0.05) is 20.1 Å². The van der Waals surface area contributed by atoms with E-state index in [2.05, 4.69) is 30.1 Å². The van der Waals surface area contributed by atoms with Crippen LogP contribution in [0.3, 0.4) is 0 Å². The summed E-state index contributed by atoms with van der Waals surface area (Å²) in [6, 6.07) is 2.07. The Hall–Kier alpha value is -1.74. The lowest BCUT2D eigenvalue weighted by atomic mass is 10.0. The van der Waals surface area contributed by atoms with E-state index in [0.717, 1.165) is 18.1 Å². The van der Waals surface area contributed by atoms with Crippen molar-refractivity contribution in [3.8, 4) is 6.07 Å². The van der Waals surface area contributed by atoms with E-state index in [1.54, 1.807) is 7.05 Å². The topological polar surface area (TPSA) is 82.2 Å². The van der Waals surface area contributed by atoms with Crippen LogP contribution in [0.4, 0.5) is 10.7 Å². The molecule has 1 amide bonds. The minimum atomic E-state index is -0.225. The predicted molar refractivity (Wildman–Crippen MR) is 77.4 cm³/mol. The number of hydrogen-bond donors (Lipinski definition) is 2. The number of nitriles is 1. The summed E-state index contributed by atoms with van der Waals surface area (Å²) in [5.74, 6) is 0.926. The maximum absolute atomic E-state index is 12.0. The number of thiophene rings is 1. The average Bonchev–Trinajstić information content (AvgIpc) is 2.89. The summed E-state index contributed by atoms with van der Waals surface area (Å²) in [7, 11) is 1.57. The van der Waals surface area contributed by atoms with E-state index in [1.807, 2.05) is 0 Å². The summed E-state index contributed by atoms with van der Waals surface area (Å²) < 4.78 is 0. The number of hydrogen-bond acceptors (Lipinski definition) is 5. The minimum Gasteiger partial charge on any atom is -0.396 e. The maximum atomic E-state index is 12.0. The largest absolute Gasteiger partial charge is 0.396 e. The summed E-state index contributed by atoms with van der Waals surface area (Å²) in [6.07, 6.45) is 0. The van der Waals surface area contributed by atoms with Gasteiger partial charge in [-0.3, -0.25) is 4.79 Å². The zero-order chi connectivity index (χ0) is 14.2. The Balaban J connectivity index is 2.46. The second-order valence-electron chi connectivity index (χ2n) is 5.08. The van der Waals surface area contributed by atoms with E-state index in [1.165, 1.54) is 11.3 Å². The molecule has 1 aromatic heterocycles. The first-order chi connectivity index (χ1) is 8.99. The van der Waals surface area contributed by atoms with Crippen LogP contribution in [0.1, 0.15) is 29.1 Å². The molecule has 2 rings (SSSR count). The molecule has 3 N–H and O–H groups in total. The fraction of sp³-hybridized carbons (Fsp3) is 0.538. The molecule has 0 radical (unpaired) electrons. The summed E-state index contributed by atoms with van der Waals surface area (Å²) in [5, 5.41) is 12.5. The molecule has 6 heteroatoms. The quantitative estimate of drug-likeness (QED) is 0.862. The fourth-order valence-corrected chi connectivity index (χ4v) is 3.41. The Bertz CT molecular complexity index is 536. The van der Waals surface area contributed by atoms with Crippen LogP contribution in [-0.2, 0) is 0 Å². The first kappa shape index (κ1) is 13.7. The lowest BCUT2D eigenvalue weighted by Gasteiger charge is -2.17. The first-order valence-corrected chi connectivity index (χ1v) is 7.10. The molecule has 1 saturated heterocycles. The molecule has 0 saturated carbocycles. The Kier molecular flexibility index (Phi) is 3.67. The van der Waals surface area contributed by atoms with Gasteiger partial charge in [-0.1, -0.05) is 13.8 Å². The third kappa shape index (κ3) is 2.26. The Morgan fingerprint density at radius 3 is 2.53 bits per heavy atom. The summed E-state index contributed by atoms with van der Waals surface area (Å²) >= 11 is 1.31. The van der Waals surface area contributed by atoms with E-state index in [4.69, 9.17) is 11.0 Å². The molecular weight excluding hydrogens is 260 g/mol. The Labute approximate surface area is 117 Å². The van der Waals surface area contributed by atoms with Crippen LogP contribution in [0.15, 0.2) is 0 Å². The van der Waals surface area contributed by atoms with Crippen molar-refractivity contribution in [2.45, 2.75) is 13.8 Å². The van der Waals surface area contributed by atoms with Crippen LogP contribution in [0, 0.1) is 23.2 Å². The molecule has 0 aromatic carbocycles. The van der Waals surface area contributed by atoms with Gasteiger partial charge in [-0.2, -0.15) is 5.26 Å². The number of carbonyl (C=O) groups is 1. The van der Waals surface area contributed by atoms with Gasteiger partial charge in [-0.05, 0) is 11.8 Å². The lowest BCUT2D eigenvalue weighted by Crippen LogP contribution is -2.25. The number of anilines is 2. The van der Waals surface area contributed by atoms with E-state index in [-0.39, 0.29) is 5.91 Å². The molecular formula is C13H18N4OS. The molecule has 2 unspecified atom stereocenters. The van der Waals surface area contributed by atoms with Gasteiger partial charge in [-0.15, -0.1) is 11.3 Å². The van der Waals surface area contributed by atoms with Crippen molar-refractivity contribution in [1.29, 1.82) is 5.26 Å². The monoisotopic (exact) mass is 278 g/mol. The highest BCUT2D eigenvalue weighted by Gasteiger charge is 2.32. The summed E-state index contributed by atoms with van der Waals surface area (Å²) in [6.45, 7) is 6.20. The van der Waals surface area contributed by atoms with Gasteiger partial charge in [0.15, 0.2) is 0 Å². The maximum Gasteiger partial charge on any atom is 0.256 e. The average molecular weight is 278 g/mol. The highest BCUT2D eigenvalue weighted by atomic mass is 32.1. The number of nitrogens with zero attached hydrogens (tertiary/aromatic N) is 2. The highest BCUT2D eigenvalue weighted by molar-refractivity contribution is 7.17. The van der Waals surface area contributed by atoms with E-state index in [0.29, 0.717) is 28.0 Å². The minimum absolute atomic E-state index is 0.225. The molecule has 2 heterocycles. The van der Waals surface area contributed by atoms with Crippen LogP contribution >= 0.6 is 11.3 Å². The molecule has 1 aliphatic heterocycles. The highest BCUT2D eigenvalue weighted by Crippen LogP contribution is 2.40. The summed E-state index contributed by atoms with van der Waals surface area (Å²) in [5.41, 5.74) is 6.68. The number of amides is 1. The van der Waals surface area contributed by atoms with E-state index in [9.17, 15) is 4.79 Å². The van der Waals surface area contributed by atoms with Gasteiger partial charge in [0.2, 0.25) is 0 Å². The van der Waals surface area contributed by atoms with E-state index >= 15 is 0 Å². The van der Waals surface area contributed by atoms with Crippen molar-refractivity contribution >= 4 is 27.9 Å². The van der Waals surface area contributed by atoms with Crippen LogP contribution in [-0.4, -0.2) is 26.0 Å². The molecule has 0 spiro atoms. The Morgan fingerprint density at radius 1 is 1.47 bits per heavy atom. The van der Waals surface area contributed by atoms with Crippen molar-refractivity contribution in [1.82, 2.24) is 5.32 Å². The predicted octanol–water partition coefficient (Wildman–Crippen LogP) is 1.65. The van der Waals surface area contributed by atoms with Crippen LogP contribution in [0.25, 0.3) is 0 Å². The van der Waals surface area contributed by atoms with Gasteiger partial charge < -0.3 is 16.0 Å². The number of nitrogen functional groups attached to an aromatic ring is 1. The van der Waals surface area contributed by atoms with E-state index < -0.39 is 0 Å². The number of nitrogens with two attached hydrogens (primary N) is 1. The lowest BCUT2D eigenvalue weighted by molar-refractivity contribution is 0.0965. The molecule has 1 aliphatic rings. The van der Waals surface area contributed by atoms with Crippen LogP contribution in [0.2, 0.25) is 0 Å². The molecule has 1 aromatic rings. The van der Waals surface area contributed by atoms with Crippen molar-refractivity contribution in [2.75, 3.05) is 30.8 Å². The second-order valence-corrected chi connectivity index (χ2v) is 6.07. The van der Waals surface area contributed by atoms with Gasteiger partial charge in [-0.25, -0.2) is 0 Å². The fourth-order valence-electron chi connectivity index (χ4n) is 2.38. The SMILES string of the molecule is CNC(=O)c1c(N2CC(C)C(C)C2)sc(C#N)c1N. The first-order valence-electron chi connectivity index (χ1n) is 6.29. The van der Waals surface area contributed by atoms with Crippen LogP contribution < -0.4 is 16.0 Å². The van der Waals surface area contributed by atoms with Crippen molar-refractivity contribution < 1.29 is 4.79 Å². The Morgan fingerprint density at radius 2 is 2.05 bits per heavy atom. The molecule has 0 aliphatic carbocycles. The van der Waals surface area contributed by atoms with Gasteiger partial charge in [0.25, 0.3) is 5.91 Å². The molecule has 19 heavy (non-hydrogen) atoms. The zero-order valence-electron chi connectivity index (χ0n) is 11.4. The van der Waals surface area contributed by atoms with Crippen LogP contribution in [0.5, 0.6) is 0 Å². The number of carbonyl (C=O) groups excluding carboxylic acids is 1. The second kappa shape index (κ2) is 5.10. The molecule has 0 bridgehead atoms. The third-order valence-electron chi connectivity index (χ3n) is 3.76. The number of rotatable bonds is 2. The molecule has 1 fully saturated rings. The third-order valence-corrected chi connectivity index (χ3v) is 4.93. The zero-order valence-corrected chi connectivity index (χ0v) is 12.2. The van der Waals surface area contributed by atoms with Gasteiger partial charge in [0.05, 0.1) is 11.3 Å².